The van der Waals surface area contributed by atoms with E-state index in [0.29, 0.717) is 22.5 Å². The minimum Gasteiger partial charge on any atom is -0.347 e. The van der Waals surface area contributed by atoms with Crippen LogP contribution in [0.4, 0.5) is 0 Å². The molecule has 0 radical (unpaired) electrons. The molecule has 4 nitrogen and oxygen atoms in total. The first-order chi connectivity index (χ1) is 11.2. The van der Waals surface area contributed by atoms with Gasteiger partial charge in [-0.1, -0.05) is 30.3 Å². The van der Waals surface area contributed by atoms with Gasteiger partial charge in [-0.2, -0.15) is 5.26 Å². The van der Waals surface area contributed by atoms with Gasteiger partial charge >= 0.3 is 0 Å². The van der Waals surface area contributed by atoms with Crippen LogP contribution in [-0.2, 0) is 0 Å². The summed E-state index contributed by atoms with van der Waals surface area (Å²) in [4.78, 5) is 14.0. The Balaban J connectivity index is 1.56. The van der Waals surface area contributed by atoms with E-state index in [1.54, 1.807) is 6.07 Å². The molecule has 1 aromatic heterocycles. The average Bonchev–Trinajstić information content (AvgIpc) is 3.30. The van der Waals surface area contributed by atoms with Gasteiger partial charge in [0, 0.05) is 18.1 Å². The summed E-state index contributed by atoms with van der Waals surface area (Å²) in [6, 6.07) is 14.9. The molecular formula is C18H17N3OS. The van der Waals surface area contributed by atoms with Crippen molar-refractivity contribution in [1.29, 1.82) is 5.26 Å². The number of benzene rings is 1. The fourth-order valence-electron chi connectivity index (χ4n) is 3.61. The van der Waals surface area contributed by atoms with Gasteiger partial charge in [-0.15, -0.1) is 11.3 Å². The summed E-state index contributed by atoms with van der Waals surface area (Å²) in [6.45, 7) is 0. The molecule has 1 amide bonds. The molecule has 2 bridgehead atoms. The van der Waals surface area contributed by atoms with Gasteiger partial charge in [0.15, 0.2) is 0 Å². The van der Waals surface area contributed by atoms with Gasteiger partial charge in [-0.3, -0.25) is 4.79 Å². The topological polar surface area (TPSA) is 64.9 Å². The molecule has 5 heteroatoms. The third kappa shape index (κ3) is 2.65. The molecule has 4 rings (SSSR count). The second-order valence-corrected chi connectivity index (χ2v) is 7.25. The molecule has 2 aliphatic rings. The van der Waals surface area contributed by atoms with Crippen molar-refractivity contribution < 1.29 is 4.79 Å². The Morgan fingerprint density at radius 1 is 1.30 bits per heavy atom. The Morgan fingerprint density at radius 2 is 2.13 bits per heavy atom. The van der Waals surface area contributed by atoms with E-state index in [2.05, 4.69) is 16.7 Å². The Morgan fingerprint density at radius 3 is 2.78 bits per heavy atom. The van der Waals surface area contributed by atoms with Gasteiger partial charge < -0.3 is 10.6 Å². The van der Waals surface area contributed by atoms with Gasteiger partial charge in [0.25, 0.3) is 5.91 Å². The lowest BCUT2D eigenvalue weighted by Crippen LogP contribution is -2.42. The zero-order valence-corrected chi connectivity index (χ0v) is 13.4. The maximum Gasteiger partial charge on any atom is 0.261 e. The van der Waals surface area contributed by atoms with Gasteiger partial charge in [0.1, 0.15) is 6.07 Å². The monoisotopic (exact) mass is 323 g/mol. The number of nitrogens with zero attached hydrogens (tertiary/aromatic N) is 1. The van der Waals surface area contributed by atoms with Crippen LogP contribution in [0.2, 0.25) is 0 Å². The number of fused-ring (bicyclic) bond motifs is 2. The van der Waals surface area contributed by atoms with E-state index >= 15 is 0 Å². The number of thiophene rings is 1. The predicted octanol–water partition coefficient (Wildman–Crippen LogP) is 2.91. The Hall–Kier alpha value is -2.16. The molecule has 0 aliphatic carbocycles. The highest BCUT2D eigenvalue weighted by atomic mass is 32.1. The highest BCUT2D eigenvalue weighted by Gasteiger charge is 2.39. The zero-order valence-electron chi connectivity index (χ0n) is 12.6. The molecule has 2 saturated heterocycles. The van der Waals surface area contributed by atoms with Crippen LogP contribution in [0.1, 0.15) is 34.5 Å². The van der Waals surface area contributed by atoms with Crippen LogP contribution in [0.3, 0.4) is 0 Å². The first-order valence-corrected chi connectivity index (χ1v) is 8.72. The Bertz CT molecular complexity index is 777. The molecule has 3 heterocycles. The van der Waals surface area contributed by atoms with Crippen LogP contribution in [0.5, 0.6) is 0 Å². The smallest absolute Gasteiger partial charge is 0.261 e. The highest BCUT2D eigenvalue weighted by Crippen LogP contribution is 2.33. The van der Waals surface area contributed by atoms with E-state index in [0.717, 1.165) is 23.3 Å². The van der Waals surface area contributed by atoms with E-state index in [1.165, 1.54) is 17.8 Å². The van der Waals surface area contributed by atoms with Crippen LogP contribution >= 0.6 is 11.3 Å². The molecule has 2 N–H and O–H groups in total. The Kier molecular flexibility index (Phi) is 3.64. The maximum absolute atomic E-state index is 12.6. The van der Waals surface area contributed by atoms with E-state index in [4.69, 9.17) is 0 Å². The van der Waals surface area contributed by atoms with Crippen LogP contribution < -0.4 is 10.6 Å². The maximum atomic E-state index is 12.6. The number of amides is 1. The van der Waals surface area contributed by atoms with Crippen molar-refractivity contribution in [3.05, 3.63) is 46.8 Å². The molecular weight excluding hydrogens is 306 g/mol. The van der Waals surface area contributed by atoms with Crippen molar-refractivity contribution in [1.82, 2.24) is 10.6 Å². The second-order valence-electron chi connectivity index (χ2n) is 6.19. The first kappa shape index (κ1) is 14.4. The number of carbonyl (C=O) groups excluding carboxylic acids is 1. The molecule has 1 aromatic carbocycles. The van der Waals surface area contributed by atoms with Crippen LogP contribution in [0.25, 0.3) is 10.4 Å². The quantitative estimate of drug-likeness (QED) is 0.913. The van der Waals surface area contributed by atoms with Crippen molar-refractivity contribution in [2.24, 2.45) is 0 Å². The van der Waals surface area contributed by atoms with Crippen molar-refractivity contribution in [3.8, 4) is 16.5 Å². The lowest BCUT2D eigenvalue weighted by Gasteiger charge is -2.20. The molecule has 2 fully saturated rings. The molecule has 116 valence electrons. The lowest BCUT2D eigenvalue weighted by molar-refractivity contribution is 0.0935. The van der Waals surface area contributed by atoms with Crippen molar-refractivity contribution in [2.75, 3.05) is 0 Å². The SMILES string of the molecule is N#Cc1cc(C(=O)NC2CC3CCC2N3)sc1-c1ccccc1. The van der Waals surface area contributed by atoms with Crippen molar-refractivity contribution in [2.45, 2.75) is 37.4 Å². The molecule has 3 atom stereocenters. The first-order valence-electron chi connectivity index (χ1n) is 7.91. The summed E-state index contributed by atoms with van der Waals surface area (Å²) in [5, 5.41) is 16.0. The zero-order chi connectivity index (χ0) is 15.8. The van der Waals surface area contributed by atoms with Gasteiger partial charge in [-0.05, 0) is 30.9 Å². The predicted molar refractivity (Wildman–Crippen MR) is 90.3 cm³/mol. The number of carbonyl (C=O) groups is 1. The number of hydrogen-bond acceptors (Lipinski definition) is 4. The van der Waals surface area contributed by atoms with Gasteiger partial charge in [0.2, 0.25) is 0 Å². The van der Waals surface area contributed by atoms with Crippen molar-refractivity contribution in [3.63, 3.8) is 0 Å². The molecule has 3 unspecified atom stereocenters. The minimum atomic E-state index is -0.0620. The molecule has 0 saturated carbocycles. The fraction of sp³-hybridized carbons (Fsp3) is 0.333. The Labute approximate surface area is 139 Å². The summed E-state index contributed by atoms with van der Waals surface area (Å²) < 4.78 is 0. The summed E-state index contributed by atoms with van der Waals surface area (Å²) in [5.74, 6) is -0.0620. The van der Waals surface area contributed by atoms with Crippen molar-refractivity contribution >= 4 is 17.2 Å². The number of hydrogen-bond donors (Lipinski definition) is 2. The summed E-state index contributed by atoms with van der Waals surface area (Å²) in [7, 11) is 0. The normalized spacial score (nSPS) is 25.3. The standard InChI is InChI=1S/C18H17N3OS/c19-10-12-8-16(23-17(12)11-4-2-1-3-5-11)18(22)21-15-9-13-6-7-14(15)20-13/h1-5,8,13-15,20H,6-7,9H2,(H,21,22). The van der Waals surface area contributed by atoms with E-state index in [9.17, 15) is 10.1 Å². The summed E-state index contributed by atoms with van der Waals surface area (Å²) in [6.07, 6.45) is 3.37. The van der Waals surface area contributed by atoms with Gasteiger partial charge in [0.05, 0.1) is 15.3 Å². The third-order valence-electron chi connectivity index (χ3n) is 4.73. The van der Waals surface area contributed by atoms with E-state index < -0.39 is 0 Å². The molecule has 2 aliphatic heterocycles. The number of nitriles is 1. The number of rotatable bonds is 3. The van der Waals surface area contributed by atoms with Crippen LogP contribution in [-0.4, -0.2) is 24.0 Å². The van der Waals surface area contributed by atoms with Crippen LogP contribution in [0, 0.1) is 11.3 Å². The fourth-order valence-corrected chi connectivity index (χ4v) is 4.63. The third-order valence-corrected chi connectivity index (χ3v) is 5.91. The minimum absolute atomic E-state index is 0.0620. The molecule has 0 spiro atoms. The van der Waals surface area contributed by atoms with E-state index in [-0.39, 0.29) is 11.9 Å². The summed E-state index contributed by atoms with van der Waals surface area (Å²) in [5.41, 5.74) is 1.55. The average molecular weight is 323 g/mol. The second kappa shape index (κ2) is 5.80. The number of nitrogens with one attached hydrogen (secondary N) is 2. The van der Waals surface area contributed by atoms with E-state index in [1.807, 2.05) is 30.3 Å². The molecule has 2 aromatic rings. The van der Waals surface area contributed by atoms with Gasteiger partial charge in [-0.25, -0.2) is 0 Å². The summed E-state index contributed by atoms with van der Waals surface area (Å²) >= 11 is 1.39. The highest BCUT2D eigenvalue weighted by molar-refractivity contribution is 7.17. The molecule has 23 heavy (non-hydrogen) atoms. The largest absolute Gasteiger partial charge is 0.347 e. The lowest BCUT2D eigenvalue weighted by atomic mass is 9.95. The van der Waals surface area contributed by atoms with Crippen LogP contribution in [0.15, 0.2) is 36.4 Å².